The van der Waals surface area contributed by atoms with Gasteiger partial charge in [0.2, 0.25) is 0 Å². The van der Waals surface area contributed by atoms with E-state index in [1.165, 1.54) is 0 Å². The molecule has 0 saturated carbocycles. The molecular formula is C30H16F2N4O2S4. The molecule has 0 N–H and O–H groups in total. The molecule has 0 spiro atoms. The molecule has 0 atom stereocenters. The summed E-state index contributed by atoms with van der Waals surface area (Å²) in [5, 5.41) is 0. The highest BCUT2D eigenvalue weighted by Crippen LogP contribution is 2.54. The van der Waals surface area contributed by atoms with Crippen LogP contribution in [0.5, 0.6) is 11.5 Å². The van der Waals surface area contributed by atoms with Gasteiger partial charge < -0.3 is 9.47 Å². The summed E-state index contributed by atoms with van der Waals surface area (Å²) in [6, 6.07) is 20.8. The largest absolute Gasteiger partial charge is 0.432 e. The van der Waals surface area contributed by atoms with Gasteiger partial charge in [-0.2, -0.15) is 26.3 Å². The smallest absolute Gasteiger partial charge is 0.270 e. The zero-order valence-corrected chi connectivity index (χ0v) is 24.6. The van der Waals surface area contributed by atoms with Crippen LogP contribution < -0.4 is 9.47 Å². The molecule has 0 bridgehead atoms. The topological polar surface area (TPSA) is 69.0 Å². The first-order valence-corrected chi connectivity index (χ1v) is 15.4. The number of fused-ring (bicyclic) bond motifs is 2. The SMILES string of the molecule is C=C(F)Oc1ccc(-c2ccc(-c3c4c(c(-c5ccc(-c6ccc(OC(=C)F)cc6)s5)c5nsnc35)N=S=N4)s2)cc1. The summed E-state index contributed by atoms with van der Waals surface area (Å²) >= 11 is 5.53. The summed E-state index contributed by atoms with van der Waals surface area (Å²) in [4.78, 5) is 4.05. The van der Waals surface area contributed by atoms with Crippen molar-refractivity contribution in [1.82, 2.24) is 8.75 Å². The molecule has 0 aliphatic carbocycles. The molecule has 3 aromatic carbocycles. The first-order valence-electron chi connectivity index (χ1n) is 12.3. The van der Waals surface area contributed by atoms with Gasteiger partial charge in [0.1, 0.15) is 33.9 Å². The average molecular weight is 631 g/mol. The van der Waals surface area contributed by atoms with Crippen molar-refractivity contribution in [3.63, 3.8) is 0 Å². The van der Waals surface area contributed by atoms with Gasteiger partial charge >= 0.3 is 0 Å². The summed E-state index contributed by atoms with van der Waals surface area (Å²) in [6.07, 6.45) is 0. The molecule has 42 heavy (non-hydrogen) atoms. The Kier molecular flexibility index (Phi) is 6.82. The number of benzene rings is 3. The first-order chi connectivity index (χ1) is 20.4. The Bertz CT molecular complexity index is 1950. The fourth-order valence-corrected chi connectivity index (χ4v) is 7.85. The van der Waals surface area contributed by atoms with Crippen LogP contribution in [0.25, 0.3) is 52.8 Å². The normalized spacial score (nSPS) is 11.9. The molecule has 1 aliphatic heterocycles. The van der Waals surface area contributed by atoms with E-state index in [0.29, 0.717) is 11.5 Å². The van der Waals surface area contributed by atoms with Crippen molar-refractivity contribution in [1.29, 1.82) is 0 Å². The molecule has 6 aromatic rings. The number of hydrogen-bond acceptors (Lipinski definition) is 9. The van der Waals surface area contributed by atoms with E-state index in [9.17, 15) is 8.78 Å². The fraction of sp³-hybridized carbons (Fsp3) is 0. The van der Waals surface area contributed by atoms with Crippen LogP contribution in [0, 0.1) is 0 Å². The average Bonchev–Trinajstić information content (AvgIpc) is 3.79. The van der Waals surface area contributed by atoms with Crippen molar-refractivity contribution in [3.8, 4) is 53.3 Å². The van der Waals surface area contributed by atoms with E-state index in [1.807, 2.05) is 36.4 Å². The maximum atomic E-state index is 13.0. The lowest BCUT2D eigenvalue weighted by atomic mass is 10.0. The van der Waals surface area contributed by atoms with E-state index < -0.39 is 12.0 Å². The molecule has 3 aromatic heterocycles. The predicted molar refractivity (Wildman–Crippen MR) is 168 cm³/mol. The van der Waals surface area contributed by atoms with E-state index in [0.717, 1.165) is 87.3 Å². The van der Waals surface area contributed by atoms with Crippen LogP contribution in [0.4, 0.5) is 20.2 Å². The third kappa shape index (κ3) is 4.88. The minimum atomic E-state index is -0.851. The highest BCUT2D eigenvalue weighted by molar-refractivity contribution is 7.58. The monoisotopic (exact) mass is 630 g/mol. The Labute approximate surface area is 254 Å². The number of halogens is 2. The van der Waals surface area contributed by atoms with Crippen molar-refractivity contribution in [2.75, 3.05) is 0 Å². The van der Waals surface area contributed by atoms with Crippen LogP contribution in [-0.2, 0) is 11.4 Å². The second kappa shape index (κ2) is 10.8. The van der Waals surface area contributed by atoms with E-state index in [2.05, 4.69) is 25.3 Å². The second-order valence-corrected chi connectivity index (χ2v) is 12.2. The standard InChI is InChI=1S/C30H16F2N4O2S4/c1-15(31)37-19-7-3-17(4-8-19)21-11-13-23(39-21)25-27-29(35-41-33-27)26(30-28(25)34-42-36-30)24-14-12-22(40-24)18-5-9-20(10-6-18)38-16(2)32/h3-14H,1-2H2. The number of hydrogen-bond donors (Lipinski definition) is 0. The molecule has 0 amide bonds. The Balaban J connectivity index is 1.27. The van der Waals surface area contributed by atoms with Gasteiger partial charge in [-0.1, -0.05) is 0 Å². The third-order valence-corrected chi connectivity index (χ3v) is 9.72. The predicted octanol–water partition coefficient (Wildman–Crippen LogP) is 10.8. The highest BCUT2D eigenvalue weighted by atomic mass is 32.1. The number of ether oxygens (including phenoxy) is 2. The van der Waals surface area contributed by atoms with Gasteiger partial charge in [-0.25, -0.2) is 0 Å². The van der Waals surface area contributed by atoms with Gasteiger partial charge in [0.05, 0.1) is 23.1 Å². The second-order valence-electron chi connectivity index (χ2n) is 8.96. The maximum absolute atomic E-state index is 13.0. The van der Waals surface area contributed by atoms with Gasteiger partial charge in [-0.05, 0) is 97.1 Å². The molecule has 0 unspecified atom stereocenters. The van der Waals surface area contributed by atoms with Crippen molar-refractivity contribution in [2.24, 2.45) is 8.73 Å². The van der Waals surface area contributed by atoms with Crippen molar-refractivity contribution in [2.45, 2.75) is 0 Å². The Morgan fingerprint density at radius 2 is 0.976 bits per heavy atom. The molecule has 7 rings (SSSR count). The minimum Gasteiger partial charge on any atom is -0.432 e. The van der Waals surface area contributed by atoms with Crippen LogP contribution in [-0.4, -0.2) is 8.75 Å². The number of rotatable bonds is 8. The van der Waals surface area contributed by atoms with Gasteiger partial charge in [0, 0.05) is 30.6 Å². The van der Waals surface area contributed by atoms with Gasteiger partial charge in [0.15, 0.2) is 0 Å². The van der Waals surface area contributed by atoms with Crippen molar-refractivity contribution < 1.29 is 18.3 Å². The lowest BCUT2D eigenvalue weighted by Gasteiger charge is -2.09. The van der Waals surface area contributed by atoms with Gasteiger partial charge in [-0.3, -0.25) is 0 Å². The Morgan fingerprint density at radius 1 is 0.571 bits per heavy atom. The van der Waals surface area contributed by atoms with Crippen molar-refractivity contribution in [3.05, 3.63) is 98.0 Å². The van der Waals surface area contributed by atoms with E-state index in [1.54, 1.807) is 46.9 Å². The van der Waals surface area contributed by atoms with Crippen LogP contribution in [0.2, 0.25) is 0 Å². The van der Waals surface area contributed by atoms with Crippen LogP contribution >= 0.6 is 34.4 Å². The number of thiophene rings is 2. The quantitative estimate of drug-likeness (QED) is 0.157. The van der Waals surface area contributed by atoms with E-state index in [-0.39, 0.29) is 0 Å². The van der Waals surface area contributed by atoms with Crippen molar-refractivity contribution >= 4 is 68.2 Å². The highest BCUT2D eigenvalue weighted by Gasteiger charge is 2.27. The molecular weight excluding hydrogens is 615 g/mol. The summed E-state index contributed by atoms with van der Waals surface area (Å²) in [7, 11) is 0. The van der Waals surface area contributed by atoms with E-state index >= 15 is 0 Å². The van der Waals surface area contributed by atoms with Crippen LogP contribution in [0.15, 0.2) is 107 Å². The molecule has 12 heteroatoms. The minimum absolute atomic E-state index is 0.384. The zero-order chi connectivity index (χ0) is 28.8. The van der Waals surface area contributed by atoms with Crippen LogP contribution in [0.1, 0.15) is 0 Å². The fourth-order valence-electron chi connectivity index (χ4n) is 4.61. The van der Waals surface area contributed by atoms with Gasteiger partial charge in [-0.15, -0.1) is 22.7 Å². The molecule has 6 nitrogen and oxygen atoms in total. The number of aromatic nitrogens is 2. The zero-order valence-electron chi connectivity index (χ0n) is 21.3. The molecule has 0 radical (unpaired) electrons. The number of nitrogens with zero attached hydrogens (tertiary/aromatic N) is 4. The van der Waals surface area contributed by atoms with Crippen LogP contribution in [0.3, 0.4) is 0 Å². The Hall–Kier alpha value is -4.36. The van der Waals surface area contributed by atoms with E-state index in [4.69, 9.17) is 26.9 Å². The maximum Gasteiger partial charge on any atom is 0.270 e. The summed E-state index contributed by atoms with van der Waals surface area (Å²) in [5.74, 6) is 0.768. The lowest BCUT2D eigenvalue weighted by Crippen LogP contribution is -1.86. The molecule has 206 valence electrons. The Morgan fingerprint density at radius 3 is 1.38 bits per heavy atom. The third-order valence-electron chi connectivity index (χ3n) is 6.36. The molecule has 4 heterocycles. The summed E-state index contributed by atoms with van der Waals surface area (Å²) < 4.78 is 54.7. The summed E-state index contributed by atoms with van der Waals surface area (Å²) in [6.45, 7) is 6.27. The molecule has 1 aliphatic rings. The molecule has 0 saturated heterocycles. The summed E-state index contributed by atoms with van der Waals surface area (Å²) in [5.41, 5.74) is 6.85. The first kappa shape index (κ1) is 26.5. The lowest BCUT2D eigenvalue weighted by molar-refractivity contribution is 0.304. The van der Waals surface area contributed by atoms with Gasteiger partial charge in [0.25, 0.3) is 12.0 Å². The molecule has 0 fully saturated rings.